The molecule has 10 heteroatoms. The number of anilines is 1. The standard InChI is InChI=1S/C23H18N4O4S2/c1-2-8-27-22(29)18(33-23(27)32)11-15-20(25-19-5-3-4-9-26(19)21(15)28)24-12-14-6-7-16-17(10-14)31-13-30-16/h2-7,9-11,24H,1,8,12-13H2/b18-11-. The number of aromatic nitrogens is 2. The fourth-order valence-corrected chi connectivity index (χ4v) is 4.78. The maximum atomic E-state index is 13.3. The van der Waals surface area contributed by atoms with Gasteiger partial charge in [0.1, 0.15) is 15.8 Å². The summed E-state index contributed by atoms with van der Waals surface area (Å²) < 4.78 is 12.7. The average Bonchev–Trinajstić information content (AvgIpc) is 3.39. The summed E-state index contributed by atoms with van der Waals surface area (Å²) in [5, 5.41) is 3.24. The van der Waals surface area contributed by atoms with Gasteiger partial charge < -0.3 is 14.8 Å². The monoisotopic (exact) mass is 478 g/mol. The fraction of sp³-hybridized carbons (Fsp3) is 0.130. The Labute approximate surface area is 198 Å². The highest BCUT2D eigenvalue weighted by Crippen LogP contribution is 2.34. The molecule has 0 spiro atoms. The lowest BCUT2D eigenvalue weighted by Gasteiger charge is -2.12. The molecule has 1 saturated heterocycles. The van der Waals surface area contributed by atoms with Crippen LogP contribution in [0.5, 0.6) is 11.5 Å². The molecular formula is C23H18N4O4S2. The van der Waals surface area contributed by atoms with E-state index in [1.54, 1.807) is 30.5 Å². The summed E-state index contributed by atoms with van der Waals surface area (Å²) in [5.41, 5.74) is 1.41. The van der Waals surface area contributed by atoms with Gasteiger partial charge in [0.05, 0.1) is 10.5 Å². The van der Waals surface area contributed by atoms with Crippen LogP contribution in [0.2, 0.25) is 0 Å². The van der Waals surface area contributed by atoms with E-state index < -0.39 is 0 Å². The molecule has 166 valence electrons. The highest BCUT2D eigenvalue weighted by molar-refractivity contribution is 8.26. The quantitative estimate of drug-likeness (QED) is 0.328. The number of rotatable bonds is 6. The van der Waals surface area contributed by atoms with Gasteiger partial charge in [0.15, 0.2) is 11.5 Å². The van der Waals surface area contributed by atoms with Crippen molar-refractivity contribution in [2.75, 3.05) is 18.7 Å². The Kier molecular flexibility index (Phi) is 5.61. The predicted octanol–water partition coefficient (Wildman–Crippen LogP) is 3.42. The van der Waals surface area contributed by atoms with Crippen LogP contribution in [0.25, 0.3) is 11.7 Å². The van der Waals surface area contributed by atoms with Crippen molar-refractivity contribution in [2.24, 2.45) is 0 Å². The summed E-state index contributed by atoms with van der Waals surface area (Å²) in [6.45, 7) is 4.57. The summed E-state index contributed by atoms with van der Waals surface area (Å²) in [4.78, 5) is 32.6. The van der Waals surface area contributed by atoms with E-state index in [9.17, 15) is 9.59 Å². The average molecular weight is 479 g/mol. The van der Waals surface area contributed by atoms with E-state index in [0.29, 0.717) is 45.3 Å². The molecule has 0 bridgehead atoms. The smallest absolute Gasteiger partial charge is 0.267 e. The third-order valence-electron chi connectivity index (χ3n) is 5.13. The first-order valence-corrected chi connectivity index (χ1v) is 11.3. The van der Waals surface area contributed by atoms with E-state index in [1.165, 1.54) is 9.30 Å². The number of thiocarbonyl (C=S) groups is 1. The molecule has 2 aliphatic heterocycles. The molecule has 1 amide bonds. The van der Waals surface area contributed by atoms with E-state index in [2.05, 4.69) is 16.9 Å². The van der Waals surface area contributed by atoms with E-state index in [1.807, 2.05) is 24.3 Å². The molecule has 0 unspecified atom stereocenters. The number of carbonyl (C=O) groups excluding carboxylic acids is 1. The van der Waals surface area contributed by atoms with Crippen LogP contribution in [0.1, 0.15) is 11.1 Å². The molecule has 4 heterocycles. The van der Waals surface area contributed by atoms with Gasteiger partial charge in [-0.2, -0.15) is 0 Å². The minimum absolute atomic E-state index is 0.198. The number of benzene rings is 1. The summed E-state index contributed by atoms with van der Waals surface area (Å²) in [6.07, 6.45) is 4.81. The van der Waals surface area contributed by atoms with E-state index in [0.717, 1.165) is 17.3 Å². The number of nitrogens with zero attached hydrogens (tertiary/aromatic N) is 3. The highest BCUT2D eigenvalue weighted by atomic mass is 32.2. The molecule has 1 fully saturated rings. The van der Waals surface area contributed by atoms with Gasteiger partial charge in [-0.25, -0.2) is 4.98 Å². The number of ether oxygens (including phenoxy) is 2. The van der Waals surface area contributed by atoms with Crippen molar-refractivity contribution in [3.63, 3.8) is 0 Å². The molecule has 2 aromatic heterocycles. The summed E-state index contributed by atoms with van der Waals surface area (Å²) in [7, 11) is 0. The molecule has 0 saturated carbocycles. The first-order valence-electron chi connectivity index (χ1n) is 10.0. The van der Waals surface area contributed by atoms with Crippen molar-refractivity contribution in [2.45, 2.75) is 6.54 Å². The Balaban J connectivity index is 1.53. The van der Waals surface area contributed by atoms with Crippen molar-refractivity contribution < 1.29 is 14.3 Å². The van der Waals surface area contributed by atoms with Gasteiger partial charge in [-0.15, -0.1) is 6.58 Å². The predicted molar refractivity (Wildman–Crippen MR) is 131 cm³/mol. The maximum Gasteiger partial charge on any atom is 0.267 e. The molecule has 8 nitrogen and oxygen atoms in total. The third kappa shape index (κ3) is 3.98. The number of nitrogens with one attached hydrogen (secondary N) is 1. The topological polar surface area (TPSA) is 85.2 Å². The van der Waals surface area contributed by atoms with Crippen LogP contribution >= 0.6 is 24.0 Å². The minimum atomic E-state index is -0.289. The second-order valence-corrected chi connectivity index (χ2v) is 8.91. The lowest BCUT2D eigenvalue weighted by atomic mass is 10.2. The number of hydrogen-bond donors (Lipinski definition) is 1. The highest BCUT2D eigenvalue weighted by Gasteiger charge is 2.31. The fourth-order valence-electron chi connectivity index (χ4n) is 3.52. The molecule has 1 aromatic carbocycles. The lowest BCUT2D eigenvalue weighted by Crippen LogP contribution is -2.28. The molecule has 3 aromatic rings. The number of pyridine rings is 1. The van der Waals surface area contributed by atoms with Gasteiger partial charge in [-0.1, -0.05) is 42.2 Å². The van der Waals surface area contributed by atoms with Crippen molar-refractivity contribution >= 4 is 51.7 Å². The summed E-state index contributed by atoms with van der Waals surface area (Å²) in [5.74, 6) is 1.48. The van der Waals surface area contributed by atoms with Gasteiger partial charge in [0, 0.05) is 19.3 Å². The van der Waals surface area contributed by atoms with Crippen LogP contribution in [0.3, 0.4) is 0 Å². The Morgan fingerprint density at radius 3 is 2.91 bits per heavy atom. The van der Waals surface area contributed by atoms with Crippen molar-refractivity contribution in [3.05, 3.63) is 81.6 Å². The number of hydrogen-bond acceptors (Lipinski definition) is 8. The molecule has 1 N–H and O–H groups in total. The number of amides is 1. The molecule has 33 heavy (non-hydrogen) atoms. The SMILES string of the molecule is C=CCN1C(=O)/C(=C/c2c(NCc3ccc4c(c3)OCO4)nc3ccccn3c2=O)SC1=S. The van der Waals surface area contributed by atoms with E-state index in [4.69, 9.17) is 21.7 Å². The first-order chi connectivity index (χ1) is 16.0. The molecule has 0 radical (unpaired) electrons. The molecule has 5 rings (SSSR count). The Hall–Kier alpha value is -3.63. The van der Waals surface area contributed by atoms with E-state index in [-0.39, 0.29) is 23.8 Å². The number of carbonyl (C=O) groups is 1. The second kappa shape index (κ2) is 8.72. The minimum Gasteiger partial charge on any atom is -0.454 e. The maximum absolute atomic E-state index is 13.3. The summed E-state index contributed by atoms with van der Waals surface area (Å²) in [6, 6.07) is 10.9. The van der Waals surface area contributed by atoms with Crippen molar-refractivity contribution in [1.82, 2.24) is 14.3 Å². The van der Waals surface area contributed by atoms with Gasteiger partial charge in [0.25, 0.3) is 11.5 Å². The normalized spacial score (nSPS) is 16.1. The first kappa shape index (κ1) is 21.2. The molecule has 2 aliphatic rings. The zero-order valence-corrected chi connectivity index (χ0v) is 18.9. The van der Waals surface area contributed by atoms with Crippen LogP contribution in [0.4, 0.5) is 5.82 Å². The van der Waals surface area contributed by atoms with Gasteiger partial charge in [-0.05, 0) is 35.9 Å². The molecule has 0 atom stereocenters. The van der Waals surface area contributed by atoms with Crippen molar-refractivity contribution in [3.8, 4) is 11.5 Å². The Morgan fingerprint density at radius 1 is 1.21 bits per heavy atom. The zero-order valence-electron chi connectivity index (χ0n) is 17.3. The molecular weight excluding hydrogens is 460 g/mol. The largest absolute Gasteiger partial charge is 0.454 e. The Morgan fingerprint density at radius 2 is 2.06 bits per heavy atom. The zero-order chi connectivity index (χ0) is 22.9. The van der Waals surface area contributed by atoms with Crippen LogP contribution in [-0.2, 0) is 11.3 Å². The van der Waals surface area contributed by atoms with Crippen molar-refractivity contribution in [1.29, 1.82) is 0 Å². The Bertz CT molecular complexity index is 1400. The number of thioether (sulfide) groups is 1. The summed E-state index contributed by atoms with van der Waals surface area (Å²) >= 11 is 6.47. The molecule has 0 aliphatic carbocycles. The van der Waals surface area contributed by atoms with E-state index >= 15 is 0 Å². The van der Waals surface area contributed by atoms with Crippen LogP contribution in [0, 0.1) is 0 Å². The van der Waals surface area contributed by atoms with Gasteiger partial charge >= 0.3 is 0 Å². The second-order valence-electron chi connectivity index (χ2n) is 7.23. The van der Waals surface area contributed by atoms with Crippen LogP contribution in [-0.4, -0.2) is 37.8 Å². The van der Waals surface area contributed by atoms with Gasteiger partial charge in [0.2, 0.25) is 6.79 Å². The third-order valence-corrected chi connectivity index (χ3v) is 6.50. The lowest BCUT2D eigenvalue weighted by molar-refractivity contribution is -0.121. The van der Waals surface area contributed by atoms with Crippen LogP contribution in [0.15, 0.2) is 64.9 Å². The van der Waals surface area contributed by atoms with Crippen LogP contribution < -0.4 is 20.3 Å². The number of fused-ring (bicyclic) bond motifs is 2. The van der Waals surface area contributed by atoms with Gasteiger partial charge in [-0.3, -0.25) is 18.9 Å².